The maximum Gasteiger partial charge on any atom is 0.319 e. The van der Waals surface area contributed by atoms with Crippen LogP contribution in [0.15, 0.2) is 71.9 Å². The second-order valence-electron chi connectivity index (χ2n) is 6.67. The predicted molar refractivity (Wildman–Crippen MR) is 101 cm³/mol. The molecule has 0 heterocycles. The van der Waals surface area contributed by atoms with Gasteiger partial charge < -0.3 is 14.9 Å². The van der Waals surface area contributed by atoms with Crippen LogP contribution in [-0.4, -0.2) is 41.0 Å². The molecule has 0 aromatic heterocycles. The van der Waals surface area contributed by atoms with Gasteiger partial charge in [-0.1, -0.05) is 42.5 Å². The van der Waals surface area contributed by atoms with Crippen LogP contribution >= 0.6 is 0 Å². The smallest absolute Gasteiger partial charge is 0.319 e. The Balaban J connectivity index is 1.98. The molecular formula is C20H24N2O5. The highest BCUT2D eigenvalue weighted by atomic mass is 16.5. The topological polar surface area (TPSA) is 108 Å². The van der Waals surface area contributed by atoms with Crippen LogP contribution in [0.2, 0.25) is 0 Å². The third-order valence-electron chi connectivity index (χ3n) is 4.19. The Kier molecular flexibility index (Phi) is 6.32. The Labute approximate surface area is 158 Å². The summed E-state index contributed by atoms with van der Waals surface area (Å²) in [5, 5.41) is 20.2. The van der Waals surface area contributed by atoms with E-state index >= 15 is 0 Å². The van der Waals surface area contributed by atoms with E-state index in [2.05, 4.69) is 10.9 Å². The maximum absolute atomic E-state index is 12.2. The molecule has 0 aromatic rings. The minimum atomic E-state index is -1.19. The Morgan fingerprint density at radius 2 is 1.78 bits per heavy atom. The second-order valence-corrected chi connectivity index (χ2v) is 6.67. The summed E-state index contributed by atoms with van der Waals surface area (Å²) in [6, 6.07) is 0. The van der Waals surface area contributed by atoms with Gasteiger partial charge in [0, 0.05) is 5.57 Å². The first-order valence-electron chi connectivity index (χ1n) is 8.39. The number of nitrogens with one attached hydrogen (secondary N) is 2. The van der Waals surface area contributed by atoms with E-state index in [0.717, 1.165) is 0 Å². The molecule has 2 aliphatic rings. The number of hydrogen-bond acceptors (Lipinski definition) is 6. The molecule has 7 heteroatoms. The minimum Gasteiger partial charge on any atom is -0.468 e. The van der Waals surface area contributed by atoms with Crippen LogP contribution in [0.4, 0.5) is 0 Å². The largest absolute Gasteiger partial charge is 0.468 e. The monoisotopic (exact) mass is 372 g/mol. The molecule has 4 N–H and O–H groups in total. The average Bonchev–Trinajstić information content (AvgIpc) is 2.94. The standard InChI is InChI=1S/C20H24N2O5/c1-19(18(25)27-3)10-4-6-14(8-12-19)16(23)21-22-17(24)15-7-5-11-20(2,26)13-9-15/h4-13,16,21,23,26H,1-3H3,(H,22,24). The molecule has 0 saturated heterocycles. The van der Waals surface area contributed by atoms with Crippen LogP contribution in [0.5, 0.6) is 0 Å². The Morgan fingerprint density at radius 1 is 1.07 bits per heavy atom. The molecule has 0 fully saturated rings. The van der Waals surface area contributed by atoms with Gasteiger partial charge in [-0.2, -0.15) is 0 Å². The van der Waals surface area contributed by atoms with Gasteiger partial charge in [-0.05, 0) is 37.6 Å². The zero-order chi connectivity index (χ0) is 20.1. The highest BCUT2D eigenvalue weighted by molar-refractivity contribution is 5.96. The number of carbonyl (C=O) groups excluding carboxylic acids is 2. The molecule has 7 nitrogen and oxygen atoms in total. The first-order valence-corrected chi connectivity index (χ1v) is 8.39. The molecular weight excluding hydrogens is 348 g/mol. The number of amides is 1. The van der Waals surface area contributed by atoms with Crippen molar-refractivity contribution in [3.8, 4) is 0 Å². The summed E-state index contributed by atoms with van der Waals surface area (Å²) >= 11 is 0. The van der Waals surface area contributed by atoms with Gasteiger partial charge in [-0.15, -0.1) is 0 Å². The molecule has 144 valence electrons. The van der Waals surface area contributed by atoms with Crippen LogP contribution in [-0.2, 0) is 14.3 Å². The number of aliphatic hydroxyl groups is 2. The molecule has 0 aliphatic heterocycles. The van der Waals surface area contributed by atoms with E-state index in [9.17, 15) is 19.8 Å². The summed E-state index contributed by atoms with van der Waals surface area (Å²) in [7, 11) is 1.31. The number of hydrogen-bond donors (Lipinski definition) is 4. The third kappa shape index (κ3) is 5.37. The SMILES string of the molecule is COC(=O)C1(C)C=CC=C(C(O)NNC(=O)C2=CC=CC(C)(O)C=C2)C=C1. The number of hydrazine groups is 1. The Morgan fingerprint density at radius 3 is 2.48 bits per heavy atom. The van der Waals surface area contributed by atoms with Gasteiger partial charge in [0.15, 0.2) is 0 Å². The van der Waals surface area contributed by atoms with E-state index in [1.165, 1.54) is 19.3 Å². The summed E-state index contributed by atoms with van der Waals surface area (Å²) < 4.78 is 4.78. The third-order valence-corrected chi connectivity index (χ3v) is 4.19. The zero-order valence-corrected chi connectivity index (χ0v) is 15.5. The predicted octanol–water partition coefficient (Wildman–Crippen LogP) is 0.961. The zero-order valence-electron chi connectivity index (χ0n) is 15.5. The summed E-state index contributed by atoms with van der Waals surface area (Å²) in [4.78, 5) is 24.1. The van der Waals surface area contributed by atoms with Crippen molar-refractivity contribution >= 4 is 11.9 Å². The Hall–Kier alpha value is -2.74. The molecule has 3 atom stereocenters. The summed E-state index contributed by atoms with van der Waals surface area (Å²) in [5.41, 5.74) is 3.63. The van der Waals surface area contributed by atoms with E-state index in [0.29, 0.717) is 11.1 Å². The minimum absolute atomic E-state index is 0.312. The van der Waals surface area contributed by atoms with Crippen molar-refractivity contribution in [2.75, 3.05) is 7.11 Å². The molecule has 0 saturated carbocycles. The summed E-state index contributed by atoms with van der Waals surface area (Å²) in [6.07, 6.45) is 14.6. The van der Waals surface area contributed by atoms with Crippen molar-refractivity contribution in [2.45, 2.75) is 25.7 Å². The molecule has 0 spiro atoms. The highest BCUT2D eigenvalue weighted by Crippen LogP contribution is 2.26. The molecule has 0 bridgehead atoms. The van der Waals surface area contributed by atoms with Crippen molar-refractivity contribution in [3.05, 3.63) is 71.9 Å². The van der Waals surface area contributed by atoms with E-state index in [4.69, 9.17) is 4.74 Å². The fourth-order valence-corrected chi connectivity index (χ4v) is 2.43. The number of esters is 1. The van der Waals surface area contributed by atoms with Crippen LogP contribution in [0.3, 0.4) is 0 Å². The lowest BCUT2D eigenvalue weighted by Gasteiger charge is -2.18. The molecule has 2 rings (SSSR count). The first kappa shape index (κ1) is 20.6. The van der Waals surface area contributed by atoms with Gasteiger partial charge in [0.25, 0.3) is 5.91 Å². The lowest BCUT2D eigenvalue weighted by Crippen LogP contribution is -2.45. The van der Waals surface area contributed by atoms with E-state index < -0.39 is 29.1 Å². The van der Waals surface area contributed by atoms with Crippen LogP contribution in [0.25, 0.3) is 0 Å². The fraction of sp³-hybridized carbons (Fsp3) is 0.300. The van der Waals surface area contributed by atoms with Gasteiger partial charge in [-0.3, -0.25) is 15.0 Å². The van der Waals surface area contributed by atoms with Gasteiger partial charge in [0.1, 0.15) is 11.6 Å². The quantitative estimate of drug-likeness (QED) is 0.325. The lowest BCUT2D eigenvalue weighted by molar-refractivity contribution is -0.146. The second kappa shape index (κ2) is 8.30. The number of rotatable bonds is 5. The fourth-order valence-electron chi connectivity index (χ4n) is 2.43. The number of ether oxygens (including phenoxy) is 1. The van der Waals surface area contributed by atoms with Gasteiger partial charge in [0.2, 0.25) is 0 Å². The van der Waals surface area contributed by atoms with E-state index in [-0.39, 0.29) is 0 Å². The van der Waals surface area contributed by atoms with Crippen LogP contribution in [0.1, 0.15) is 13.8 Å². The van der Waals surface area contributed by atoms with Crippen molar-refractivity contribution in [1.29, 1.82) is 0 Å². The van der Waals surface area contributed by atoms with E-state index in [1.807, 2.05) is 0 Å². The number of aliphatic hydroxyl groups excluding tert-OH is 1. The molecule has 0 radical (unpaired) electrons. The first-order chi connectivity index (χ1) is 12.7. The van der Waals surface area contributed by atoms with Crippen molar-refractivity contribution in [3.63, 3.8) is 0 Å². The van der Waals surface area contributed by atoms with Crippen LogP contribution < -0.4 is 10.9 Å². The number of methoxy groups -OCH3 is 1. The summed E-state index contributed by atoms with van der Waals surface area (Å²) in [6.45, 7) is 3.29. The molecule has 3 unspecified atom stereocenters. The normalized spacial score (nSPS) is 27.9. The van der Waals surface area contributed by atoms with Crippen molar-refractivity contribution in [2.24, 2.45) is 5.41 Å². The van der Waals surface area contributed by atoms with Crippen LogP contribution in [0, 0.1) is 5.41 Å². The van der Waals surface area contributed by atoms with Gasteiger partial charge >= 0.3 is 5.97 Å². The van der Waals surface area contributed by atoms with Crippen molar-refractivity contribution in [1.82, 2.24) is 10.9 Å². The molecule has 0 aromatic carbocycles. The molecule has 27 heavy (non-hydrogen) atoms. The van der Waals surface area contributed by atoms with Gasteiger partial charge in [-0.25, -0.2) is 5.43 Å². The Bertz CT molecular complexity index is 786. The summed E-state index contributed by atoms with van der Waals surface area (Å²) in [5.74, 6) is -0.891. The van der Waals surface area contributed by atoms with Gasteiger partial charge in [0.05, 0.1) is 12.7 Å². The highest BCUT2D eigenvalue weighted by Gasteiger charge is 2.29. The molecule has 1 amide bonds. The van der Waals surface area contributed by atoms with Crippen molar-refractivity contribution < 1.29 is 24.5 Å². The molecule has 2 aliphatic carbocycles. The number of allylic oxidation sites excluding steroid dienone is 4. The van der Waals surface area contributed by atoms with E-state index in [1.54, 1.807) is 62.5 Å². The lowest BCUT2D eigenvalue weighted by atomic mass is 9.90. The number of carbonyl (C=O) groups is 2. The average molecular weight is 372 g/mol. The maximum atomic E-state index is 12.2.